The van der Waals surface area contributed by atoms with Gasteiger partial charge in [0.1, 0.15) is 13.2 Å². The van der Waals surface area contributed by atoms with Crippen molar-refractivity contribution in [3.8, 4) is 0 Å². The number of phosphoric acid groups is 1. The van der Waals surface area contributed by atoms with Crippen molar-refractivity contribution in [2.45, 2.75) is 341 Å². The summed E-state index contributed by atoms with van der Waals surface area (Å²) in [6.07, 6.45) is 83.6. The molecule has 0 aliphatic carbocycles. The number of carbonyl (C=O) groups excluding carboxylic acids is 1. The van der Waals surface area contributed by atoms with Gasteiger partial charge in [-0.15, -0.1) is 0 Å². The number of aliphatic hydroxyl groups is 1. The molecule has 0 aromatic heterocycles. The Kier molecular flexibility index (Phi) is 59.4. The van der Waals surface area contributed by atoms with E-state index in [9.17, 15) is 19.4 Å². The molecule has 0 saturated carbocycles. The number of likely N-dealkylation sites (N-methyl/N-ethyl adjacent to an activating group) is 1. The lowest BCUT2D eigenvalue weighted by Crippen LogP contribution is -2.45. The molecule has 0 saturated heterocycles. The second-order valence-electron chi connectivity index (χ2n) is 24.5. The Bertz CT molecular complexity index is 1470. The molecule has 1 amide bonds. The molecule has 79 heavy (non-hydrogen) atoms. The number of phosphoric ester groups is 1. The number of hydrogen-bond acceptors (Lipinski definition) is 5. The predicted octanol–water partition coefficient (Wildman–Crippen LogP) is 21.6. The predicted molar refractivity (Wildman–Crippen MR) is 346 cm³/mol. The summed E-state index contributed by atoms with van der Waals surface area (Å²) in [5.74, 6) is -0.182. The van der Waals surface area contributed by atoms with Crippen LogP contribution in [-0.4, -0.2) is 73.4 Å². The summed E-state index contributed by atoms with van der Waals surface area (Å²) < 4.78 is 23.8. The smallest absolute Gasteiger partial charge is 0.387 e. The average Bonchev–Trinajstić information content (AvgIpc) is 3.42. The molecule has 0 bridgehead atoms. The lowest BCUT2D eigenvalue weighted by Gasteiger charge is -2.25. The molecule has 0 heterocycles. The zero-order valence-corrected chi connectivity index (χ0v) is 54.0. The molecule has 0 aromatic rings. The van der Waals surface area contributed by atoms with Gasteiger partial charge < -0.3 is 19.8 Å². The maximum absolute atomic E-state index is 13.0. The van der Waals surface area contributed by atoms with Crippen LogP contribution in [0.25, 0.3) is 0 Å². The zero-order chi connectivity index (χ0) is 57.7. The third kappa shape index (κ3) is 63.6. The monoisotopic (exact) mass is 1130 g/mol. The third-order valence-electron chi connectivity index (χ3n) is 15.5. The number of hydrogen-bond donors (Lipinski definition) is 3. The molecule has 0 fully saturated rings. The highest BCUT2D eigenvalue weighted by Gasteiger charge is 2.28. The van der Waals surface area contributed by atoms with Gasteiger partial charge >= 0.3 is 7.82 Å². The van der Waals surface area contributed by atoms with E-state index in [1.54, 1.807) is 6.08 Å². The first-order valence-corrected chi connectivity index (χ1v) is 35.7. The topological polar surface area (TPSA) is 105 Å². The van der Waals surface area contributed by atoms with Gasteiger partial charge in [-0.05, 0) is 70.6 Å². The first-order valence-electron chi connectivity index (χ1n) is 34.2. The van der Waals surface area contributed by atoms with E-state index in [2.05, 4.69) is 67.8 Å². The molecule has 0 aliphatic heterocycles. The summed E-state index contributed by atoms with van der Waals surface area (Å²) >= 11 is 0. The number of carbonyl (C=O) groups is 1. The Morgan fingerprint density at radius 2 is 0.734 bits per heavy atom. The fourth-order valence-corrected chi connectivity index (χ4v) is 10.9. The molecule has 0 radical (unpaired) electrons. The molecule has 0 rings (SSSR count). The highest BCUT2D eigenvalue weighted by molar-refractivity contribution is 7.47. The number of nitrogens with one attached hydrogen (secondary N) is 1. The fourth-order valence-electron chi connectivity index (χ4n) is 10.1. The lowest BCUT2D eigenvalue weighted by molar-refractivity contribution is -0.870. The fraction of sp³-hybridized carbons (Fsp3) is 0.843. The summed E-state index contributed by atoms with van der Waals surface area (Å²) in [5, 5.41) is 14.0. The maximum atomic E-state index is 13.0. The minimum absolute atomic E-state index is 0.0562. The Morgan fingerprint density at radius 1 is 0.430 bits per heavy atom. The lowest BCUT2D eigenvalue weighted by atomic mass is 10.0. The Morgan fingerprint density at radius 3 is 1.10 bits per heavy atom. The van der Waals surface area contributed by atoms with E-state index in [4.69, 9.17) is 9.05 Å². The molecule has 8 nitrogen and oxygen atoms in total. The number of allylic oxidation sites excluding steroid dienone is 9. The van der Waals surface area contributed by atoms with Crippen molar-refractivity contribution in [1.82, 2.24) is 5.32 Å². The number of quaternary nitrogens is 1. The summed E-state index contributed by atoms with van der Waals surface area (Å²) in [6, 6.07) is -0.866. The van der Waals surface area contributed by atoms with Gasteiger partial charge in [-0.1, -0.05) is 312 Å². The van der Waals surface area contributed by atoms with Gasteiger partial charge in [0, 0.05) is 6.42 Å². The van der Waals surface area contributed by atoms with E-state index in [1.807, 2.05) is 27.2 Å². The van der Waals surface area contributed by atoms with Gasteiger partial charge in [-0.2, -0.15) is 0 Å². The van der Waals surface area contributed by atoms with Crippen LogP contribution in [-0.2, 0) is 18.4 Å². The number of aliphatic hydroxyl groups excluding tert-OH is 1. The Hall–Kier alpha value is -1.80. The van der Waals surface area contributed by atoms with E-state index in [0.29, 0.717) is 17.4 Å². The Balaban J connectivity index is 4.09. The standard InChI is InChI=1S/C70H133N2O6P/c1-6-8-10-12-14-16-18-20-22-24-26-28-30-32-33-34-35-36-37-38-39-40-42-44-46-48-50-52-54-56-58-60-62-64-70(74)71-68(67-78-79(75,76)77-66-65-72(3,4)5)69(73)63-61-59-57-55-53-51-49-47-45-43-41-31-29-27-25-23-21-19-17-15-13-11-9-7-2/h18,20,24,26,30,32,53,55,61,63,68-69,73H,6-17,19,21-23,25,27-29,31,33-52,54,56-60,62,64-67H2,1-5H3,(H-,71,74,75,76)/p+1/b20-18-,26-24-,32-30-,55-53+,63-61+. The summed E-state index contributed by atoms with van der Waals surface area (Å²) in [5.41, 5.74) is 0. The van der Waals surface area contributed by atoms with Crippen molar-refractivity contribution >= 4 is 13.7 Å². The largest absolute Gasteiger partial charge is 0.472 e. The summed E-state index contributed by atoms with van der Waals surface area (Å²) in [6.45, 7) is 4.82. The van der Waals surface area contributed by atoms with Gasteiger partial charge in [-0.25, -0.2) is 4.57 Å². The second-order valence-corrected chi connectivity index (χ2v) is 26.0. The average molecular weight is 1130 g/mol. The van der Waals surface area contributed by atoms with Crippen LogP contribution in [0.2, 0.25) is 0 Å². The van der Waals surface area contributed by atoms with Crippen molar-refractivity contribution in [1.29, 1.82) is 0 Å². The maximum Gasteiger partial charge on any atom is 0.472 e. The van der Waals surface area contributed by atoms with E-state index in [1.165, 1.54) is 257 Å². The van der Waals surface area contributed by atoms with Gasteiger partial charge in [-0.3, -0.25) is 13.8 Å². The molecule has 3 N–H and O–H groups in total. The zero-order valence-electron chi connectivity index (χ0n) is 53.1. The summed E-state index contributed by atoms with van der Waals surface area (Å²) in [7, 11) is 1.56. The SMILES string of the molecule is CCCCCCC/C=C\C/C=C\C/C=C\CCCCCCCCCCCCCCCCCCCCC(=O)NC(COP(=O)(O)OCC[N+](C)(C)C)C(O)/C=C/CC/C=C/CCCCCCCCCCCCCCCCCCCC. The van der Waals surface area contributed by atoms with Crippen LogP contribution < -0.4 is 5.32 Å². The van der Waals surface area contributed by atoms with Crippen LogP contribution in [0.15, 0.2) is 60.8 Å². The molecular weight excluding hydrogens is 996 g/mol. The van der Waals surface area contributed by atoms with Crippen molar-refractivity contribution < 1.29 is 32.9 Å². The minimum atomic E-state index is -4.36. The normalized spacial score (nSPS) is 14.1. The van der Waals surface area contributed by atoms with Crippen molar-refractivity contribution in [2.24, 2.45) is 0 Å². The molecule has 9 heteroatoms. The second kappa shape index (κ2) is 60.8. The van der Waals surface area contributed by atoms with E-state index in [-0.39, 0.29) is 19.1 Å². The number of nitrogens with zero attached hydrogens (tertiary/aromatic N) is 1. The van der Waals surface area contributed by atoms with Crippen LogP contribution >= 0.6 is 7.82 Å². The molecule has 3 atom stereocenters. The highest BCUT2D eigenvalue weighted by Crippen LogP contribution is 2.43. The Labute approximate surface area is 492 Å². The van der Waals surface area contributed by atoms with Crippen molar-refractivity contribution in [3.05, 3.63) is 60.8 Å². The minimum Gasteiger partial charge on any atom is -0.387 e. The van der Waals surface area contributed by atoms with E-state index < -0.39 is 20.0 Å². The molecule has 0 aromatic carbocycles. The van der Waals surface area contributed by atoms with E-state index in [0.717, 1.165) is 51.4 Å². The molecule has 0 aliphatic rings. The van der Waals surface area contributed by atoms with Gasteiger partial charge in [0.05, 0.1) is 39.9 Å². The van der Waals surface area contributed by atoms with Crippen LogP contribution in [0.3, 0.4) is 0 Å². The van der Waals surface area contributed by atoms with Crippen molar-refractivity contribution in [3.63, 3.8) is 0 Å². The van der Waals surface area contributed by atoms with Gasteiger partial charge in [0.25, 0.3) is 0 Å². The molecule has 464 valence electrons. The first kappa shape index (κ1) is 77.2. The van der Waals surface area contributed by atoms with Gasteiger partial charge in [0.2, 0.25) is 5.91 Å². The summed E-state index contributed by atoms with van der Waals surface area (Å²) in [4.78, 5) is 23.4. The van der Waals surface area contributed by atoms with Crippen molar-refractivity contribution in [2.75, 3.05) is 40.9 Å². The molecule has 3 unspecified atom stereocenters. The van der Waals surface area contributed by atoms with Crippen LogP contribution in [0.1, 0.15) is 328 Å². The third-order valence-corrected chi connectivity index (χ3v) is 16.4. The highest BCUT2D eigenvalue weighted by atomic mass is 31.2. The quantitative estimate of drug-likeness (QED) is 0.0243. The molecular formula is C70H134N2O6P+. The number of unbranched alkanes of at least 4 members (excludes halogenated alkanes) is 42. The van der Waals surface area contributed by atoms with Crippen LogP contribution in [0.4, 0.5) is 0 Å². The molecule has 0 spiro atoms. The van der Waals surface area contributed by atoms with Gasteiger partial charge in [0.15, 0.2) is 0 Å². The number of amides is 1. The number of rotatable bonds is 63. The van der Waals surface area contributed by atoms with Crippen LogP contribution in [0, 0.1) is 0 Å². The first-order chi connectivity index (χ1) is 38.5. The van der Waals surface area contributed by atoms with Crippen LogP contribution in [0.5, 0.6) is 0 Å². The van der Waals surface area contributed by atoms with E-state index >= 15 is 0 Å².